The SMILES string of the molecule is CNCC1CCCN1C(=O)Cc1ccc(Cl)cc1Cl.Cl. The second kappa shape index (κ2) is 8.08. The monoisotopic (exact) mass is 336 g/mol. The van der Waals surface area contributed by atoms with E-state index in [9.17, 15) is 4.79 Å². The summed E-state index contributed by atoms with van der Waals surface area (Å²) in [6.45, 7) is 1.69. The Morgan fingerprint density at radius 1 is 1.45 bits per heavy atom. The van der Waals surface area contributed by atoms with Crippen LogP contribution in [-0.4, -0.2) is 37.0 Å². The second-order valence-corrected chi connectivity index (χ2v) is 5.70. The maximum atomic E-state index is 12.3. The van der Waals surface area contributed by atoms with Crippen LogP contribution in [0.4, 0.5) is 0 Å². The molecule has 112 valence electrons. The van der Waals surface area contributed by atoms with Crippen LogP contribution in [-0.2, 0) is 11.2 Å². The summed E-state index contributed by atoms with van der Waals surface area (Å²) in [5.41, 5.74) is 0.839. The maximum absolute atomic E-state index is 12.3. The molecule has 1 N–H and O–H groups in total. The molecule has 0 spiro atoms. The Morgan fingerprint density at radius 2 is 2.20 bits per heavy atom. The van der Waals surface area contributed by atoms with Gasteiger partial charge in [0, 0.05) is 29.2 Å². The molecule has 1 aromatic carbocycles. The molecule has 20 heavy (non-hydrogen) atoms. The van der Waals surface area contributed by atoms with Gasteiger partial charge in [0.05, 0.1) is 6.42 Å². The van der Waals surface area contributed by atoms with E-state index in [0.29, 0.717) is 22.5 Å². The molecule has 0 bridgehead atoms. The van der Waals surface area contributed by atoms with E-state index in [-0.39, 0.29) is 18.3 Å². The Kier molecular flexibility index (Phi) is 7.10. The Morgan fingerprint density at radius 3 is 2.85 bits per heavy atom. The number of hydrogen-bond acceptors (Lipinski definition) is 2. The van der Waals surface area contributed by atoms with Crippen LogP contribution in [0.2, 0.25) is 10.0 Å². The second-order valence-electron chi connectivity index (χ2n) is 4.85. The van der Waals surface area contributed by atoms with Crippen molar-refractivity contribution >= 4 is 41.5 Å². The number of carbonyl (C=O) groups is 1. The number of carbonyl (C=O) groups excluding carboxylic acids is 1. The van der Waals surface area contributed by atoms with Gasteiger partial charge in [-0.1, -0.05) is 29.3 Å². The first-order valence-electron chi connectivity index (χ1n) is 6.50. The van der Waals surface area contributed by atoms with Crippen molar-refractivity contribution < 1.29 is 4.79 Å². The molecule has 0 radical (unpaired) electrons. The van der Waals surface area contributed by atoms with Crippen LogP contribution >= 0.6 is 35.6 Å². The first-order chi connectivity index (χ1) is 9.11. The maximum Gasteiger partial charge on any atom is 0.227 e. The van der Waals surface area contributed by atoms with Gasteiger partial charge >= 0.3 is 0 Å². The molecule has 1 saturated heterocycles. The molecule has 1 unspecified atom stereocenters. The summed E-state index contributed by atoms with van der Waals surface area (Å²) in [6.07, 6.45) is 2.49. The largest absolute Gasteiger partial charge is 0.338 e. The van der Waals surface area contributed by atoms with Crippen molar-refractivity contribution in [1.29, 1.82) is 0 Å². The quantitative estimate of drug-likeness (QED) is 0.915. The Labute approximate surface area is 136 Å². The molecule has 1 fully saturated rings. The Hall–Kier alpha value is -0.480. The third kappa shape index (κ3) is 4.26. The van der Waals surface area contributed by atoms with E-state index >= 15 is 0 Å². The third-order valence-corrected chi connectivity index (χ3v) is 4.08. The van der Waals surface area contributed by atoms with Crippen LogP contribution < -0.4 is 5.32 Å². The number of hydrogen-bond donors (Lipinski definition) is 1. The third-order valence-electron chi connectivity index (χ3n) is 3.49. The number of amides is 1. The topological polar surface area (TPSA) is 32.3 Å². The van der Waals surface area contributed by atoms with E-state index in [1.165, 1.54) is 0 Å². The van der Waals surface area contributed by atoms with E-state index in [2.05, 4.69) is 5.32 Å². The summed E-state index contributed by atoms with van der Waals surface area (Å²) in [4.78, 5) is 14.3. The molecule has 0 aliphatic carbocycles. The lowest BCUT2D eigenvalue weighted by Crippen LogP contribution is -2.41. The summed E-state index contributed by atoms with van der Waals surface area (Å²) in [7, 11) is 1.91. The molecular formula is C14H19Cl3N2O. The molecular weight excluding hydrogens is 319 g/mol. The molecule has 3 nitrogen and oxygen atoms in total. The molecule has 1 aliphatic rings. The Bertz CT molecular complexity index is 468. The minimum Gasteiger partial charge on any atom is -0.338 e. The van der Waals surface area contributed by atoms with Crippen LogP contribution in [0.15, 0.2) is 18.2 Å². The van der Waals surface area contributed by atoms with Gasteiger partial charge in [-0.05, 0) is 37.6 Å². The highest BCUT2D eigenvalue weighted by atomic mass is 35.5. The highest BCUT2D eigenvalue weighted by molar-refractivity contribution is 6.35. The molecule has 0 aromatic heterocycles. The summed E-state index contributed by atoms with van der Waals surface area (Å²) >= 11 is 12.0. The molecule has 1 aromatic rings. The lowest BCUT2D eigenvalue weighted by Gasteiger charge is -2.24. The predicted molar refractivity (Wildman–Crippen MR) is 86.1 cm³/mol. The molecule has 1 aliphatic heterocycles. The first-order valence-corrected chi connectivity index (χ1v) is 7.25. The van der Waals surface area contributed by atoms with Crippen molar-refractivity contribution in [1.82, 2.24) is 10.2 Å². The number of nitrogens with one attached hydrogen (secondary N) is 1. The zero-order valence-corrected chi connectivity index (χ0v) is 13.7. The van der Waals surface area contributed by atoms with E-state index in [4.69, 9.17) is 23.2 Å². The fraction of sp³-hybridized carbons (Fsp3) is 0.500. The lowest BCUT2D eigenvalue weighted by atomic mass is 10.1. The van der Waals surface area contributed by atoms with Crippen LogP contribution in [0, 0.1) is 0 Å². The van der Waals surface area contributed by atoms with Crippen molar-refractivity contribution in [2.75, 3.05) is 20.1 Å². The van der Waals surface area contributed by atoms with Gasteiger partial charge in [-0.25, -0.2) is 0 Å². The number of halogens is 3. The lowest BCUT2D eigenvalue weighted by molar-refractivity contribution is -0.131. The minimum atomic E-state index is 0. The smallest absolute Gasteiger partial charge is 0.227 e. The normalized spacial score (nSPS) is 17.9. The van der Waals surface area contributed by atoms with Gasteiger partial charge in [-0.3, -0.25) is 4.79 Å². The molecule has 1 amide bonds. The summed E-state index contributed by atoms with van der Waals surface area (Å²) in [5.74, 6) is 0.141. The highest BCUT2D eigenvalue weighted by Gasteiger charge is 2.28. The number of rotatable bonds is 4. The summed E-state index contributed by atoms with van der Waals surface area (Å²) < 4.78 is 0. The number of benzene rings is 1. The van der Waals surface area contributed by atoms with Gasteiger partial charge in [0.1, 0.15) is 0 Å². The van der Waals surface area contributed by atoms with E-state index in [1.54, 1.807) is 12.1 Å². The fourth-order valence-corrected chi connectivity index (χ4v) is 3.02. The van der Waals surface area contributed by atoms with Crippen LogP contribution in [0.1, 0.15) is 18.4 Å². The van der Waals surface area contributed by atoms with Crippen molar-refractivity contribution in [2.24, 2.45) is 0 Å². The first kappa shape index (κ1) is 17.6. The molecule has 2 rings (SSSR count). The van der Waals surface area contributed by atoms with Gasteiger partial charge in [-0.2, -0.15) is 0 Å². The fourth-order valence-electron chi connectivity index (χ4n) is 2.54. The van der Waals surface area contributed by atoms with Crippen LogP contribution in [0.25, 0.3) is 0 Å². The summed E-state index contributed by atoms with van der Waals surface area (Å²) in [6, 6.07) is 5.58. The van der Waals surface area contributed by atoms with Gasteiger partial charge in [0.15, 0.2) is 0 Å². The summed E-state index contributed by atoms with van der Waals surface area (Å²) in [5, 5.41) is 4.29. The van der Waals surface area contributed by atoms with Gasteiger partial charge < -0.3 is 10.2 Å². The zero-order chi connectivity index (χ0) is 13.8. The number of likely N-dealkylation sites (tertiary alicyclic amines) is 1. The molecule has 0 saturated carbocycles. The predicted octanol–water partition coefficient (Wildman–Crippen LogP) is 3.17. The molecule has 6 heteroatoms. The van der Waals surface area contributed by atoms with E-state index in [0.717, 1.165) is 31.5 Å². The van der Waals surface area contributed by atoms with Gasteiger partial charge in [-0.15, -0.1) is 12.4 Å². The zero-order valence-electron chi connectivity index (χ0n) is 11.4. The van der Waals surface area contributed by atoms with E-state index in [1.807, 2.05) is 18.0 Å². The van der Waals surface area contributed by atoms with Crippen LogP contribution in [0.3, 0.4) is 0 Å². The van der Waals surface area contributed by atoms with Gasteiger partial charge in [0.2, 0.25) is 5.91 Å². The standard InChI is InChI=1S/C14H18Cl2N2O.ClH/c1-17-9-12-3-2-6-18(12)14(19)7-10-4-5-11(15)8-13(10)16;/h4-5,8,12,17H,2-3,6-7,9H2,1H3;1H. The average Bonchev–Trinajstić information content (AvgIpc) is 2.81. The highest BCUT2D eigenvalue weighted by Crippen LogP contribution is 2.23. The van der Waals surface area contributed by atoms with Crippen molar-refractivity contribution in [3.05, 3.63) is 33.8 Å². The van der Waals surface area contributed by atoms with Crippen molar-refractivity contribution in [2.45, 2.75) is 25.3 Å². The minimum absolute atomic E-state index is 0. The molecule has 1 atom stereocenters. The Balaban J connectivity index is 0.00000200. The van der Waals surface area contributed by atoms with Crippen molar-refractivity contribution in [3.63, 3.8) is 0 Å². The van der Waals surface area contributed by atoms with Crippen molar-refractivity contribution in [3.8, 4) is 0 Å². The number of likely N-dealkylation sites (N-methyl/N-ethyl adjacent to an activating group) is 1. The molecule has 1 heterocycles. The van der Waals surface area contributed by atoms with Gasteiger partial charge in [0.25, 0.3) is 0 Å². The average molecular weight is 338 g/mol. The van der Waals surface area contributed by atoms with Crippen LogP contribution in [0.5, 0.6) is 0 Å². The van der Waals surface area contributed by atoms with E-state index < -0.39 is 0 Å². The number of nitrogens with zero attached hydrogens (tertiary/aromatic N) is 1.